The van der Waals surface area contributed by atoms with Crippen molar-refractivity contribution in [3.63, 3.8) is 0 Å². The molecule has 77 heavy (non-hydrogen) atoms. The Hall–Kier alpha value is -6.69. The van der Waals surface area contributed by atoms with Crippen LogP contribution in [0, 0.1) is 6.92 Å². The smallest absolute Gasteiger partial charge is 0.260 e. The summed E-state index contributed by atoms with van der Waals surface area (Å²) >= 11 is 0. The van der Waals surface area contributed by atoms with E-state index >= 15 is 0 Å². The van der Waals surface area contributed by atoms with Gasteiger partial charge in [-0.05, 0) is 109 Å². The normalized spacial score (nSPS) is 16.3. The number of amides is 2. The van der Waals surface area contributed by atoms with E-state index in [1.807, 2.05) is 98.4 Å². The number of nitrogens with one attached hydrogen (secondary N) is 1. The van der Waals surface area contributed by atoms with Gasteiger partial charge in [-0.15, -0.1) is 0 Å². The number of hydrogen-bond donors (Lipinski definition) is 1. The van der Waals surface area contributed by atoms with Crippen LogP contribution in [0.5, 0.6) is 17.2 Å². The molecular formula is C61H76N6O10. The number of benzene rings is 5. The molecule has 1 N–H and O–H groups in total. The molecule has 4 aliphatic rings. The zero-order chi connectivity index (χ0) is 53.8. The molecule has 0 unspecified atom stereocenters. The fourth-order valence-electron chi connectivity index (χ4n) is 11.2. The SMILES string of the molecule is CCNOCCCCC(=O)CCCN(CCOCCOCCOC)c1cc(COc2cc3c(cc2C)C(=O)N2c4ccccc4C[C@H]2CN3C)cc(COc2cc3c(cc2OC)C(=O)N2c4ccccc4C[C@H]2CN3C)c1. The summed E-state index contributed by atoms with van der Waals surface area (Å²) in [6, 6.07) is 30.4. The fourth-order valence-corrected chi connectivity index (χ4v) is 11.2. The molecule has 16 nitrogen and oxygen atoms in total. The maximum Gasteiger partial charge on any atom is 0.260 e. The second-order valence-electron chi connectivity index (χ2n) is 20.5. The zero-order valence-electron chi connectivity index (χ0n) is 45.8. The van der Waals surface area contributed by atoms with Gasteiger partial charge in [0.1, 0.15) is 24.7 Å². The van der Waals surface area contributed by atoms with E-state index in [-0.39, 0.29) is 42.9 Å². The summed E-state index contributed by atoms with van der Waals surface area (Å²) in [6.07, 6.45) is 4.81. The molecule has 0 saturated carbocycles. The number of rotatable bonds is 28. The number of carbonyl (C=O) groups is 3. The lowest BCUT2D eigenvalue weighted by Gasteiger charge is -2.27. The van der Waals surface area contributed by atoms with Gasteiger partial charge in [0.05, 0.1) is 81.3 Å². The van der Waals surface area contributed by atoms with Crippen molar-refractivity contribution >= 4 is 46.0 Å². The number of fused-ring (bicyclic) bond motifs is 8. The molecule has 2 atom stereocenters. The van der Waals surface area contributed by atoms with Crippen LogP contribution >= 0.6 is 0 Å². The summed E-state index contributed by atoms with van der Waals surface area (Å²) in [6.45, 7) is 10.6. The minimum Gasteiger partial charge on any atom is -0.493 e. The minimum absolute atomic E-state index is 0.000658. The molecule has 0 spiro atoms. The number of nitrogens with zero attached hydrogens (tertiary/aromatic N) is 5. The molecule has 0 fully saturated rings. The molecule has 410 valence electrons. The summed E-state index contributed by atoms with van der Waals surface area (Å²) in [5, 5.41) is 0. The number of para-hydroxylation sites is 2. The highest BCUT2D eigenvalue weighted by Crippen LogP contribution is 2.43. The lowest BCUT2D eigenvalue weighted by molar-refractivity contribution is -0.119. The third kappa shape index (κ3) is 13.0. The summed E-state index contributed by atoms with van der Waals surface area (Å²) in [7, 11) is 7.32. The van der Waals surface area contributed by atoms with Gasteiger partial charge in [-0.2, -0.15) is 0 Å². The van der Waals surface area contributed by atoms with Crippen LogP contribution in [-0.4, -0.2) is 130 Å². The minimum atomic E-state index is -0.0606. The third-order valence-corrected chi connectivity index (χ3v) is 15.0. The van der Waals surface area contributed by atoms with E-state index < -0.39 is 0 Å². The van der Waals surface area contributed by atoms with Crippen LogP contribution < -0.4 is 44.2 Å². The molecule has 5 aromatic rings. The van der Waals surface area contributed by atoms with Crippen LogP contribution in [0.2, 0.25) is 0 Å². The number of ether oxygens (including phenoxy) is 6. The van der Waals surface area contributed by atoms with Gasteiger partial charge in [-0.25, -0.2) is 5.48 Å². The molecule has 4 aliphatic heterocycles. The first kappa shape index (κ1) is 55.1. The molecule has 2 amide bonds. The fraction of sp³-hybridized carbons (Fsp3) is 0.459. The Kier molecular flexibility index (Phi) is 18.7. The summed E-state index contributed by atoms with van der Waals surface area (Å²) in [5.74, 6) is 1.84. The number of Topliss-reactive ketones (excluding diaryl/α,β-unsaturated/α-hetero) is 1. The number of ketones is 1. The number of likely N-dealkylation sites (N-methyl/N-ethyl adjacent to an activating group) is 2. The van der Waals surface area contributed by atoms with Crippen LogP contribution in [0.1, 0.15) is 87.6 Å². The Morgan fingerprint density at radius 2 is 1.19 bits per heavy atom. The number of hydroxylamine groups is 1. The third-order valence-electron chi connectivity index (χ3n) is 15.0. The van der Waals surface area contributed by atoms with Crippen molar-refractivity contribution in [2.24, 2.45) is 0 Å². The quantitative estimate of drug-likeness (QED) is 0.0377. The first-order chi connectivity index (χ1) is 37.5. The van der Waals surface area contributed by atoms with E-state index in [1.165, 1.54) is 11.1 Å². The van der Waals surface area contributed by atoms with E-state index in [0.717, 1.165) is 77.4 Å². The Morgan fingerprint density at radius 3 is 1.82 bits per heavy atom. The highest BCUT2D eigenvalue weighted by Gasteiger charge is 2.41. The number of aryl methyl sites for hydroxylation is 1. The molecule has 9 rings (SSSR count). The predicted octanol–water partition coefficient (Wildman–Crippen LogP) is 8.75. The number of carbonyl (C=O) groups excluding carboxylic acids is 3. The first-order valence-electron chi connectivity index (χ1n) is 27.3. The molecule has 0 bridgehead atoms. The van der Waals surface area contributed by atoms with Crippen molar-refractivity contribution in [2.75, 3.05) is 125 Å². The average Bonchev–Trinajstić information content (AvgIpc) is 3.96. The van der Waals surface area contributed by atoms with E-state index in [1.54, 1.807) is 14.2 Å². The lowest BCUT2D eigenvalue weighted by Crippen LogP contribution is -2.41. The van der Waals surface area contributed by atoms with Gasteiger partial charge in [-0.1, -0.05) is 43.3 Å². The molecule has 4 heterocycles. The number of anilines is 5. The average molecular weight is 1050 g/mol. The molecule has 16 heteroatoms. The zero-order valence-corrected chi connectivity index (χ0v) is 45.8. The standard InChI is InChI=1S/C61H76N6O10/c1-7-62-77-23-13-12-17-50(68)18-14-21-65(22-24-73-27-28-74-26-25-71-5)47-31-43(40-75-57-36-55-51(29-42(57)2)60(69)66-48(38-63(55)3)33-45-15-8-10-19-53(45)66)30-44(32-47)41-76-59-37-56-52(35-58(59)72-6)61(70)67-49(39-64(56)4)34-46-16-9-11-20-54(46)67/h8-11,15-16,19-20,29-32,35-37,48-49,62H,7,12-14,17-18,21-28,33-34,38-41H2,1-6H3/t48-,49-/m0/s1. The lowest BCUT2D eigenvalue weighted by atomic mass is 10.1. The predicted molar refractivity (Wildman–Crippen MR) is 301 cm³/mol. The van der Waals surface area contributed by atoms with E-state index in [9.17, 15) is 14.4 Å². The van der Waals surface area contributed by atoms with Crippen LogP contribution in [0.15, 0.2) is 91.0 Å². The molecule has 0 aliphatic carbocycles. The summed E-state index contributed by atoms with van der Waals surface area (Å²) in [4.78, 5) is 57.8. The summed E-state index contributed by atoms with van der Waals surface area (Å²) in [5.41, 5.74) is 13.6. The second kappa shape index (κ2) is 26.1. The Morgan fingerprint density at radius 1 is 0.623 bits per heavy atom. The van der Waals surface area contributed by atoms with E-state index in [4.69, 9.17) is 33.3 Å². The van der Waals surface area contributed by atoms with Crippen LogP contribution in [0.4, 0.5) is 28.4 Å². The molecule has 0 saturated heterocycles. The second-order valence-corrected chi connectivity index (χ2v) is 20.5. The summed E-state index contributed by atoms with van der Waals surface area (Å²) < 4.78 is 36.3. The van der Waals surface area contributed by atoms with E-state index in [0.29, 0.717) is 113 Å². The Bertz CT molecular complexity index is 2860. The van der Waals surface area contributed by atoms with Gasteiger partial charge in [0, 0.05) is 96.0 Å². The van der Waals surface area contributed by atoms with Gasteiger partial charge >= 0.3 is 0 Å². The van der Waals surface area contributed by atoms with Gasteiger partial charge in [-0.3, -0.25) is 14.4 Å². The van der Waals surface area contributed by atoms with Crippen molar-refractivity contribution in [3.05, 3.63) is 130 Å². The highest BCUT2D eigenvalue weighted by atomic mass is 16.6. The van der Waals surface area contributed by atoms with Gasteiger partial charge in [0.25, 0.3) is 11.8 Å². The molecule has 0 radical (unpaired) electrons. The van der Waals surface area contributed by atoms with E-state index in [2.05, 4.69) is 50.5 Å². The topological polar surface area (TPSA) is 144 Å². The largest absolute Gasteiger partial charge is 0.493 e. The Labute approximate surface area is 454 Å². The number of unbranched alkanes of at least 4 members (excludes halogenated alkanes) is 1. The number of methoxy groups -OCH3 is 2. The van der Waals surface area contributed by atoms with Crippen LogP contribution in [0.25, 0.3) is 0 Å². The molecule has 5 aromatic carbocycles. The Balaban J connectivity index is 0.979. The monoisotopic (exact) mass is 1050 g/mol. The van der Waals surface area contributed by atoms with Gasteiger partial charge < -0.3 is 57.8 Å². The van der Waals surface area contributed by atoms with Crippen molar-refractivity contribution in [1.82, 2.24) is 5.48 Å². The van der Waals surface area contributed by atoms with Gasteiger partial charge in [0.15, 0.2) is 11.5 Å². The van der Waals surface area contributed by atoms with Crippen LogP contribution in [0.3, 0.4) is 0 Å². The van der Waals surface area contributed by atoms with Crippen molar-refractivity contribution in [1.29, 1.82) is 0 Å². The van der Waals surface area contributed by atoms with Crippen molar-refractivity contribution in [3.8, 4) is 17.2 Å². The molecular weight excluding hydrogens is 977 g/mol. The first-order valence-corrected chi connectivity index (χ1v) is 27.3. The number of hydrogen-bond acceptors (Lipinski definition) is 14. The van der Waals surface area contributed by atoms with Gasteiger partial charge in [0.2, 0.25) is 0 Å². The van der Waals surface area contributed by atoms with Crippen molar-refractivity contribution < 1.29 is 47.6 Å². The highest BCUT2D eigenvalue weighted by molar-refractivity contribution is 6.13. The maximum atomic E-state index is 14.4. The molecule has 0 aromatic heterocycles. The van der Waals surface area contributed by atoms with Crippen LogP contribution in [-0.2, 0) is 49.9 Å². The van der Waals surface area contributed by atoms with Crippen molar-refractivity contribution in [2.45, 2.75) is 84.1 Å². The maximum absolute atomic E-state index is 14.4.